The van der Waals surface area contributed by atoms with E-state index in [1.54, 1.807) is 0 Å². The minimum Gasteiger partial charge on any atom is -0.481 e. The molecule has 158 valence electrons. The van der Waals surface area contributed by atoms with Gasteiger partial charge in [-0.2, -0.15) is 0 Å². The highest BCUT2D eigenvalue weighted by atomic mass is 16.4. The Morgan fingerprint density at radius 3 is 2.36 bits per heavy atom. The van der Waals surface area contributed by atoms with Crippen molar-refractivity contribution in [2.45, 2.75) is 57.7 Å². The Hall–Kier alpha value is -2.69. The van der Waals surface area contributed by atoms with Crippen LogP contribution in [0.2, 0.25) is 0 Å². The zero-order valence-electron chi connectivity index (χ0n) is 16.0. The third kappa shape index (κ3) is 7.14. The molecular formula is C17H28N4O7. The molecule has 11 heteroatoms. The molecule has 1 fully saturated rings. The van der Waals surface area contributed by atoms with Gasteiger partial charge in [0.05, 0.1) is 19.0 Å². The molecule has 1 rings (SSSR count). The number of carboxylic acids is 2. The number of aliphatic carboxylic acids is 2. The average Bonchev–Trinajstić information content (AvgIpc) is 3.07. The first kappa shape index (κ1) is 23.3. The van der Waals surface area contributed by atoms with Crippen LogP contribution < -0.4 is 16.4 Å². The summed E-state index contributed by atoms with van der Waals surface area (Å²) in [6.45, 7) is 3.79. The molecule has 0 bridgehead atoms. The van der Waals surface area contributed by atoms with Crippen molar-refractivity contribution in [1.29, 1.82) is 0 Å². The molecule has 0 aromatic heterocycles. The number of rotatable bonds is 10. The van der Waals surface area contributed by atoms with Gasteiger partial charge >= 0.3 is 11.9 Å². The number of amides is 3. The van der Waals surface area contributed by atoms with Crippen molar-refractivity contribution >= 4 is 29.7 Å². The van der Waals surface area contributed by atoms with Crippen LogP contribution in [0.3, 0.4) is 0 Å². The van der Waals surface area contributed by atoms with Crippen LogP contribution in [0.4, 0.5) is 0 Å². The van der Waals surface area contributed by atoms with Crippen molar-refractivity contribution < 1.29 is 34.2 Å². The second kappa shape index (κ2) is 10.6. The van der Waals surface area contributed by atoms with Gasteiger partial charge in [0.25, 0.3) is 0 Å². The standard InChI is InChI=1S/C17H28N4O7/c1-9(2)6-10(18)15(25)19-8-13(22)21-5-3-4-12(21)16(26)20-11(17(27)28)7-14(23)24/h9-12H,3-8,18H2,1-2H3,(H,19,25)(H,20,26)(H,23,24)(H,27,28)/t10-,11-,12-/m0/s1. The quantitative estimate of drug-likeness (QED) is 0.294. The SMILES string of the molecule is CC(C)C[C@H](N)C(=O)NCC(=O)N1CCC[C@H]1C(=O)N[C@@H](CC(=O)O)C(=O)O. The van der Waals surface area contributed by atoms with Crippen LogP contribution in [0.5, 0.6) is 0 Å². The van der Waals surface area contributed by atoms with Crippen molar-refractivity contribution in [1.82, 2.24) is 15.5 Å². The van der Waals surface area contributed by atoms with E-state index >= 15 is 0 Å². The predicted octanol–water partition coefficient (Wildman–Crippen LogP) is -1.49. The van der Waals surface area contributed by atoms with Gasteiger partial charge in [-0.25, -0.2) is 4.79 Å². The lowest BCUT2D eigenvalue weighted by Gasteiger charge is -2.25. The van der Waals surface area contributed by atoms with Crippen LogP contribution in [-0.4, -0.2) is 76.0 Å². The maximum atomic E-state index is 12.4. The second-order valence-corrected chi connectivity index (χ2v) is 7.20. The molecule has 6 N–H and O–H groups in total. The maximum Gasteiger partial charge on any atom is 0.326 e. The number of carbonyl (C=O) groups excluding carboxylic acids is 3. The van der Waals surface area contributed by atoms with Gasteiger partial charge in [-0.05, 0) is 25.2 Å². The van der Waals surface area contributed by atoms with Gasteiger partial charge in [-0.15, -0.1) is 0 Å². The van der Waals surface area contributed by atoms with Crippen LogP contribution in [0, 0.1) is 5.92 Å². The van der Waals surface area contributed by atoms with Crippen LogP contribution in [0.1, 0.15) is 39.5 Å². The summed E-state index contributed by atoms with van der Waals surface area (Å²) in [6.07, 6.45) is 0.541. The van der Waals surface area contributed by atoms with E-state index in [9.17, 15) is 24.0 Å². The Labute approximate surface area is 162 Å². The van der Waals surface area contributed by atoms with Crippen molar-refractivity contribution in [3.8, 4) is 0 Å². The lowest BCUT2D eigenvalue weighted by molar-refractivity contribution is -0.148. The van der Waals surface area contributed by atoms with Gasteiger partial charge in [0.15, 0.2) is 0 Å². The van der Waals surface area contributed by atoms with E-state index in [-0.39, 0.29) is 19.0 Å². The fourth-order valence-electron chi connectivity index (χ4n) is 2.99. The number of nitrogens with one attached hydrogen (secondary N) is 2. The third-order valence-corrected chi connectivity index (χ3v) is 4.35. The highest BCUT2D eigenvalue weighted by molar-refractivity contribution is 5.93. The maximum absolute atomic E-state index is 12.4. The van der Waals surface area contributed by atoms with E-state index in [0.717, 1.165) is 0 Å². The minimum atomic E-state index is -1.59. The fourth-order valence-corrected chi connectivity index (χ4v) is 2.99. The Bertz CT molecular complexity index is 623. The smallest absolute Gasteiger partial charge is 0.326 e. The number of nitrogens with zero attached hydrogens (tertiary/aromatic N) is 1. The van der Waals surface area contributed by atoms with Crippen LogP contribution in [0.25, 0.3) is 0 Å². The van der Waals surface area contributed by atoms with Gasteiger partial charge in [0.1, 0.15) is 12.1 Å². The summed E-state index contributed by atoms with van der Waals surface area (Å²) >= 11 is 0. The Balaban J connectivity index is 2.64. The fraction of sp³-hybridized carbons (Fsp3) is 0.706. The third-order valence-electron chi connectivity index (χ3n) is 4.35. The minimum absolute atomic E-state index is 0.219. The predicted molar refractivity (Wildman–Crippen MR) is 97.0 cm³/mol. The second-order valence-electron chi connectivity index (χ2n) is 7.20. The van der Waals surface area contributed by atoms with E-state index in [1.807, 2.05) is 13.8 Å². The molecule has 0 spiro atoms. The molecule has 3 amide bonds. The van der Waals surface area contributed by atoms with E-state index in [2.05, 4.69) is 10.6 Å². The summed E-state index contributed by atoms with van der Waals surface area (Å²) in [4.78, 5) is 59.8. The van der Waals surface area contributed by atoms with Gasteiger partial charge in [-0.3, -0.25) is 19.2 Å². The zero-order chi connectivity index (χ0) is 21.4. The van der Waals surface area contributed by atoms with E-state index < -0.39 is 54.2 Å². The molecule has 0 unspecified atom stereocenters. The zero-order valence-corrected chi connectivity index (χ0v) is 16.0. The number of hydrogen-bond acceptors (Lipinski definition) is 6. The first-order valence-electron chi connectivity index (χ1n) is 9.10. The van der Waals surface area contributed by atoms with Crippen molar-refractivity contribution in [2.75, 3.05) is 13.1 Å². The molecule has 1 heterocycles. The monoisotopic (exact) mass is 400 g/mol. The van der Waals surface area contributed by atoms with Gasteiger partial charge in [0.2, 0.25) is 17.7 Å². The number of likely N-dealkylation sites (tertiary alicyclic amines) is 1. The summed E-state index contributed by atoms with van der Waals surface area (Å²) < 4.78 is 0. The molecule has 0 saturated carbocycles. The summed E-state index contributed by atoms with van der Waals surface area (Å²) in [5.74, 6) is -4.31. The van der Waals surface area contributed by atoms with E-state index in [4.69, 9.17) is 15.9 Å². The summed E-state index contributed by atoms with van der Waals surface area (Å²) in [5, 5.41) is 22.4. The van der Waals surface area contributed by atoms with Crippen molar-refractivity contribution in [2.24, 2.45) is 11.7 Å². The molecule has 0 aromatic rings. The topological polar surface area (TPSA) is 179 Å². The Morgan fingerprint density at radius 2 is 1.82 bits per heavy atom. The molecule has 0 radical (unpaired) electrons. The number of carbonyl (C=O) groups is 5. The number of hydrogen-bond donors (Lipinski definition) is 5. The summed E-state index contributed by atoms with van der Waals surface area (Å²) in [5.41, 5.74) is 5.75. The molecule has 0 aromatic carbocycles. The summed E-state index contributed by atoms with van der Waals surface area (Å²) in [6, 6.07) is -3.24. The first-order valence-corrected chi connectivity index (χ1v) is 9.10. The van der Waals surface area contributed by atoms with Crippen LogP contribution in [-0.2, 0) is 24.0 Å². The molecule has 28 heavy (non-hydrogen) atoms. The van der Waals surface area contributed by atoms with Gasteiger partial charge < -0.3 is 31.5 Å². The lowest BCUT2D eigenvalue weighted by Crippen LogP contribution is -2.53. The van der Waals surface area contributed by atoms with Crippen molar-refractivity contribution in [3.63, 3.8) is 0 Å². The molecule has 1 saturated heterocycles. The van der Waals surface area contributed by atoms with Crippen LogP contribution in [0.15, 0.2) is 0 Å². The highest BCUT2D eigenvalue weighted by Gasteiger charge is 2.36. The van der Waals surface area contributed by atoms with E-state index in [1.165, 1.54) is 4.90 Å². The molecule has 0 aliphatic carbocycles. The first-order chi connectivity index (χ1) is 13.0. The van der Waals surface area contributed by atoms with Gasteiger partial charge in [-0.1, -0.05) is 13.8 Å². The van der Waals surface area contributed by atoms with Gasteiger partial charge in [0, 0.05) is 6.54 Å². The van der Waals surface area contributed by atoms with Crippen LogP contribution >= 0.6 is 0 Å². The average molecular weight is 400 g/mol. The Morgan fingerprint density at radius 1 is 1.18 bits per heavy atom. The lowest BCUT2D eigenvalue weighted by atomic mass is 10.0. The molecule has 1 aliphatic rings. The van der Waals surface area contributed by atoms with Crippen molar-refractivity contribution in [3.05, 3.63) is 0 Å². The molecule has 3 atom stereocenters. The Kier molecular flexibility index (Phi) is 8.83. The largest absolute Gasteiger partial charge is 0.481 e. The number of nitrogens with two attached hydrogens (primary N) is 1. The highest BCUT2D eigenvalue weighted by Crippen LogP contribution is 2.18. The molecule has 1 aliphatic heterocycles. The normalized spacial score (nSPS) is 18.4. The molecular weight excluding hydrogens is 372 g/mol. The molecule has 11 nitrogen and oxygen atoms in total. The van der Waals surface area contributed by atoms with E-state index in [0.29, 0.717) is 19.3 Å². The number of carboxylic acid groups (broad SMARTS) is 2. The summed E-state index contributed by atoms with van der Waals surface area (Å²) in [7, 11) is 0.